The molecule has 0 aromatic heterocycles. The second-order valence-electron chi connectivity index (χ2n) is 3.13. The van der Waals surface area contributed by atoms with Crippen LogP contribution in [0.2, 0.25) is 10.0 Å². The second kappa shape index (κ2) is 6.21. The largest absolute Gasteiger partial charge is 0.355 e. The van der Waals surface area contributed by atoms with Crippen LogP contribution in [0.15, 0.2) is 18.2 Å². The summed E-state index contributed by atoms with van der Waals surface area (Å²) < 4.78 is 9.89. The predicted octanol–water partition coefficient (Wildman–Crippen LogP) is 3.19. The van der Waals surface area contributed by atoms with Crippen molar-refractivity contribution in [3.05, 3.63) is 33.8 Å². The zero-order chi connectivity index (χ0) is 12.1. The number of hydrogen-bond donors (Lipinski definition) is 0. The van der Waals surface area contributed by atoms with Crippen LogP contribution in [0.4, 0.5) is 0 Å². The maximum atomic E-state index is 11.8. The van der Waals surface area contributed by atoms with Crippen molar-refractivity contribution in [3.63, 3.8) is 0 Å². The molecule has 16 heavy (non-hydrogen) atoms. The minimum Gasteiger partial charge on any atom is -0.355 e. The molecule has 1 aromatic rings. The van der Waals surface area contributed by atoms with Crippen molar-refractivity contribution in [3.8, 4) is 0 Å². The lowest BCUT2D eigenvalue weighted by Crippen LogP contribution is -2.18. The highest BCUT2D eigenvalue weighted by atomic mass is 35.5. The summed E-state index contributed by atoms with van der Waals surface area (Å²) in [5.41, 5.74) is 0.383. The highest BCUT2D eigenvalue weighted by Crippen LogP contribution is 2.26. The summed E-state index contributed by atoms with van der Waals surface area (Å²) in [7, 11) is 2.95. The lowest BCUT2D eigenvalue weighted by Gasteiger charge is -2.12. The van der Waals surface area contributed by atoms with E-state index in [9.17, 15) is 4.79 Å². The van der Waals surface area contributed by atoms with E-state index >= 15 is 0 Å². The van der Waals surface area contributed by atoms with Gasteiger partial charge in [0.05, 0.1) is 16.5 Å². The Balaban J connectivity index is 2.84. The third-order valence-corrected chi connectivity index (χ3v) is 2.95. The van der Waals surface area contributed by atoms with Crippen molar-refractivity contribution in [2.24, 2.45) is 0 Å². The molecule has 0 atom stereocenters. The van der Waals surface area contributed by atoms with E-state index in [0.717, 1.165) is 0 Å². The Morgan fingerprint density at radius 1 is 1.31 bits per heavy atom. The minimum absolute atomic E-state index is 0.104. The molecule has 0 aliphatic heterocycles. The molecule has 0 heterocycles. The van der Waals surface area contributed by atoms with Gasteiger partial charge in [0.25, 0.3) is 0 Å². The molecule has 1 rings (SSSR count). The number of carbonyl (C=O) groups excluding carboxylic acids is 1. The normalized spacial score (nSPS) is 10.8. The maximum absolute atomic E-state index is 11.8. The van der Waals surface area contributed by atoms with Crippen LogP contribution in [0.3, 0.4) is 0 Å². The molecule has 0 spiro atoms. The van der Waals surface area contributed by atoms with E-state index < -0.39 is 6.29 Å². The quantitative estimate of drug-likeness (QED) is 0.604. The Morgan fingerprint density at radius 3 is 2.50 bits per heavy atom. The number of halogens is 2. The lowest BCUT2D eigenvalue weighted by molar-refractivity contribution is -0.0993. The molecule has 0 bridgehead atoms. The Kier molecular flexibility index (Phi) is 5.22. The van der Waals surface area contributed by atoms with Crippen LogP contribution in [-0.4, -0.2) is 26.3 Å². The number of ketones is 1. The van der Waals surface area contributed by atoms with Gasteiger partial charge in [0.2, 0.25) is 0 Å². The van der Waals surface area contributed by atoms with Gasteiger partial charge in [0, 0.05) is 19.8 Å². The molecule has 0 amide bonds. The summed E-state index contributed by atoms with van der Waals surface area (Å²) in [5, 5.41) is 0.624. The van der Waals surface area contributed by atoms with Gasteiger partial charge < -0.3 is 9.47 Å². The van der Waals surface area contributed by atoms with Crippen LogP contribution in [0.5, 0.6) is 0 Å². The molecule has 0 saturated carbocycles. The fourth-order valence-corrected chi connectivity index (χ4v) is 1.65. The highest BCUT2D eigenvalue weighted by molar-refractivity contribution is 6.43. The molecular weight excluding hydrogens is 251 g/mol. The highest BCUT2D eigenvalue weighted by Gasteiger charge is 2.17. The number of rotatable bonds is 5. The molecule has 88 valence electrons. The van der Waals surface area contributed by atoms with Crippen LogP contribution in [0, 0.1) is 0 Å². The molecular formula is C11H12Cl2O3. The van der Waals surface area contributed by atoms with Crippen LogP contribution >= 0.6 is 23.2 Å². The molecule has 0 radical (unpaired) electrons. The van der Waals surface area contributed by atoms with Crippen LogP contribution < -0.4 is 0 Å². The van der Waals surface area contributed by atoms with E-state index in [-0.39, 0.29) is 17.2 Å². The van der Waals surface area contributed by atoms with Gasteiger partial charge in [-0.15, -0.1) is 0 Å². The Morgan fingerprint density at radius 2 is 1.94 bits per heavy atom. The molecule has 5 heteroatoms. The number of methoxy groups -OCH3 is 2. The first-order valence-electron chi connectivity index (χ1n) is 4.63. The lowest BCUT2D eigenvalue weighted by atomic mass is 10.1. The van der Waals surface area contributed by atoms with Gasteiger partial charge >= 0.3 is 0 Å². The summed E-state index contributed by atoms with van der Waals surface area (Å²) in [6.45, 7) is 0. The van der Waals surface area contributed by atoms with Gasteiger partial charge in [-0.25, -0.2) is 0 Å². The van der Waals surface area contributed by atoms with E-state index in [1.807, 2.05) is 0 Å². The molecule has 0 aliphatic carbocycles. The van der Waals surface area contributed by atoms with E-state index in [1.165, 1.54) is 14.2 Å². The number of hydrogen-bond acceptors (Lipinski definition) is 3. The van der Waals surface area contributed by atoms with E-state index in [1.54, 1.807) is 18.2 Å². The van der Waals surface area contributed by atoms with Gasteiger partial charge in [-0.1, -0.05) is 29.3 Å². The molecule has 0 saturated heterocycles. The first-order valence-corrected chi connectivity index (χ1v) is 5.38. The second-order valence-corrected chi connectivity index (χ2v) is 3.91. The number of benzene rings is 1. The molecule has 0 unspecified atom stereocenters. The summed E-state index contributed by atoms with van der Waals surface area (Å²) in [5.74, 6) is -0.166. The van der Waals surface area contributed by atoms with E-state index in [2.05, 4.69) is 0 Å². The van der Waals surface area contributed by atoms with Crippen LogP contribution in [0.25, 0.3) is 0 Å². The third-order valence-electron chi connectivity index (χ3n) is 2.13. The monoisotopic (exact) mass is 262 g/mol. The Bertz CT molecular complexity index is 375. The molecule has 0 aliphatic rings. The van der Waals surface area contributed by atoms with Crippen molar-refractivity contribution >= 4 is 29.0 Å². The predicted molar refractivity (Wildman–Crippen MR) is 63.2 cm³/mol. The molecule has 0 fully saturated rings. The summed E-state index contributed by atoms with van der Waals surface area (Å²) >= 11 is 11.7. The molecule has 1 aromatic carbocycles. The first-order chi connectivity index (χ1) is 7.60. The average molecular weight is 263 g/mol. The van der Waals surface area contributed by atoms with E-state index in [4.69, 9.17) is 32.7 Å². The van der Waals surface area contributed by atoms with Gasteiger partial charge in [0.15, 0.2) is 12.1 Å². The smallest absolute Gasteiger partial charge is 0.169 e. The number of ether oxygens (including phenoxy) is 2. The summed E-state index contributed by atoms with van der Waals surface area (Å²) in [6.07, 6.45) is -0.463. The standard InChI is InChI=1S/C11H12Cl2O3/c1-15-10(16-2)6-9(14)7-4-3-5-8(12)11(7)13/h3-5,10H,6H2,1-2H3. The summed E-state index contributed by atoms with van der Waals surface area (Å²) in [4.78, 5) is 11.8. The molecule has 3 nitrogen and oxygen atoms in total. The minimum atomic E-state index is -0.567. The van der Waals surface area contributed by atoms with Crippen molar-refractivity contribution in [2.75, 3.05) is 14.2 Å². The van der Waals surface area contributed by atoms with Crippen molar-refractivity contribution in [1.29, 1.82) is 0 Å². The van der Waals surface area contributed by atoms with Crippen molar-refractivity contribution in [2.45, 2.75) is 12.7 Å². The zero-order valence-corrected chi connectivity index (χ0v) is 10.5. The third kappa shape index (κ3) is 3.19. The Labute approximate surface area is 104 Å². The van der Waals surface area contributed by atoms with E-state index in [0.29, 0.717) is 10.6 Å². The van der Waals surface area contributed by atoms with Crippen molar-refractivity contribution in [1.82, 2.24) is 0 Å². The van der Waals surface area contributed by atoms with Crippen LogP contribution in [0.1, 0.15) is 16.8 Å². The van der Waals surface area contributed by atoms with Gasteiger partial charge in [-0.05, 0) is 12.1 Å². The number of carbonyl (C=O) groups is 1. The van der Waals surface area contributed by atoms with Gasteiger partial charge in [0.1, 0.15) is 0 Å². The van der Waals surface area contributed by atoms with Crippen molar-refractivity contribution < 1.29 is 14.3 Å². The summed E-state index contributed by atoms with van der Waals surface area (Å²) in [6, 6.07) is 4.93. The first kappa shape index (κ1) is 13.5. The molecule has 0 N–H and O–H groups in total. The van der Waals surface area contributed by atoms with Gasteiger partial charge in [-0.3, -0.25) is 4.79 Å². The average Bonchev–Trinajstić information content (AvgIpc) is 2.29. The van der Waals surface area contributed by atoms with Crippen LogP contribution in [-0.2, 0) is 9.47 Å². The fraction of sp³-hybridized carbons (Fsp3) is 0.364. The topological polar surface area (TPSA) is 35.5 Å². The SMILES string of the molecule is COC(CC(=O)c1cccc(Cl)c1Cl)OC. The number of Topliss-reactive ketones (excluding diaryl/α,β-unsaturated/α-hetero) is 1. The fourth-order valence-electron chi connectivity index (χ4n) is 1.24. The Hall–Kier alpha value is -0.610. The zero-order valence-electron chi connectivity index (χ0n) is 9.00. The maximum Gasteiger partial charge on any atom is 0.169 e. The van der Waals surface area contributed by atoms with Gasteiger partial charge in [-0.2, -0.15) is 0 Å².